The van der Waals surface area contributed by atoms with Crippen molar-refractivity contribution in [2.75, 3.05) is 7.11 Å². The number of carbonyl (C=O) groups excluding carboxylic acids is 1. The summed E-state index contributed by atoms with van der Waals surface area (Å²) in [5.41, 5.74) is 3.16. The molecular formula is C19H17NO3S2. The summed E-state index contributed by atoms with van der Waals surface area (Å²) in [6, 6.07) is 13.7. The van der Waals surface area contributed by atoms with E-state index in [0.29, 0.717) is 27.3 Å². The maximum absolute atomic E-state index is 11.8. The van der Waals surface area contributed by atoms with Crippen LogP contribution in [0.3, 0.4) is 0 Å². The number of ether oxygens (including phenoxy) is 2. The van der Waals surface area contributed by atoms with Crippen LogP contribution in [0.15, 0.2) is 47.4 Å². The molecule has 0 aromatic heterocycles. The monoisotopic (exact) mass is 371 g/mol. The Kier molecular flexibility index (Phi) is 5.40. The van der Waals surface area contributed by atoms with Gasteiger partial charge in [0.2, 0.25) is 0 Å². The van der Waals surface area contributed by atoms with E-state index in [1.165, 1.54) is 17.3 Å². The van der Waals surface area contributed by atoms with E-state index in [1.807, 2.05) is 36.4 Å². The fourth-order valence-electron chi connectivity index (χ4n) is 2.39. The Hall–Kier alpha value is -2.31. The highest BCUT2D eigenvalue weighted by Gasteiger charge is 2.22. The Labute approximate surface area is 156 Å². The van der Waals surface area contributed by atoms with Crippen molar-refractivity contribution < 1.29 is 14.3 Å². The number of hydrogen-bond donors (Lipinski definition) is 1. The number of hydrogen-bond acceptors (Lipinski definition) is 5. The molecule has 1 amide bonds. The van der Waals surface area contributed by atoms with Crippen molar-refractivity contribution in [3.8, 4) is 11.5 Å². The smallest absolute Gasteiger partial charge is 0.263 e. The lowest BCUT2D eigenvalue weighted by Crippen LogP contribution is -2.17. The third-order valence-corrected chi connectivity index (χ3v) is 4.93. The molecule has 1 aliphatic rings. The fraction of sp³-hybridized carbons (Fsp3) is 0.158. The van der Waals surface area contributed by atoms with Crippen LogP contribution in [-0.4, -0.2) is 17.3 Å². The van der Waals surface area contributed by atoms with Gasteiger partial charge in [-0.3, -0.25) is 4.79 Å². The van der Waals surface area contributed by atoms with Gasteiger partial charge in [-0.05, 0) is 41.8 Å². The maximum atomic E-state index is 11.8. The molecule has 0 unspecified atom stereocenters. The van der Waals surface area contributed by atoms with Gasteiger partial charge in [0.1, 0.15) is 10.9 Å². The molecule has 25 heavy (non-hydrogen) atoms. The zero-order valence-electron chi connectivity index (χ0n) is 13.9. The van der Waals surface area contributed by atoms with Crippen LogP contribution in [0, 0.1) is 6.92 Å². The zero-order valence-corrected chi connectivity index (χ0v) is 15.5. The Balaban J connectivity index is 1.78. The van der Waals surface area contributed by atoms with Crippen LogP contribution in [0.4, 0.5) is 0 Å². The Morgan fingerprint density at radius 3 is 2.68 bits per heavy atom. The molecule has 1 heterocycles. The first kappa shape index (κ1) is 17.5. The van der Waals surface area contributed by atoms with Crippen LogP contribution < -0.4 is 14.8 Å². The summed E-state index contributed by atoms with van der Waals surface area (Å²) in [6.07, 6.45) is 1.78. The highest BCUT2D eigenvalue weighted by Crippen LogP contribution is 2.32. The average molecular weight is 371 g/mol. The number of nitrogens with one attached hydrogen (secondary N) is 1. The molecule has 1 saturated heterocycles. The standard InChI is InChI=1S/C19H17NO3S2/c1-12-5-3-4-6-14(12)11-23-15-8-7-13(9-16(15)22-2)10-17-18(21)20-19(24)25-17/h3-10H,11H2,1-2H3,(H,20,21,24)/b17-10+. The molecule has 128 valence electrons. The number of amides is 1. The van der Waals surface area contributed by atoms with Gasteiger partial charge in [0.25, 0.3) is 5.91 Å². The summed E-state index contributed by atoms with van der Waals surface area (Å²) >= 11 is 6.25. The summed E-state index contributed by atoms with van der Waals surface area (Å²) in [4.78, 5) is 12.3. The van der Waals surface area contributed by atoms with Crippen molar-refractivity contribution in [2.45, 2.75) is 13.5 Å². The number of rotatable bonds is 5. The summed E-state index contributed by atoms with van der Waals surface area (Å²) in [6.45, 7) is 2.52. The van der Waals surface area contributed by atoms with Crippen molar-refractivity contribution in [3.05, 3.63) is 64.1 Å². The topological polar surface area (TPSA) is 47.6 Å². The number of carbonyl (C=O) groups is 1. The predicted molar refractivity (Wildman–Crippen MR) is 105 cm³/mol. The van der Waals surface area contributed by atoms with E-state index in [0.717, 1.165) is 11.1 Å². The molecule has 4 nitrogen and oxygen atoms in total. The zero-order chi connectivity index (χ0) is 17.8. The largest absolute Gasteiger partial charge is 0.493 e. The van der Waals surface area contributed by atoms with Crippen molar-refractivity contribution in [2.24, 2.45) is 0 Å². The minimum Gasteiger partial charge on any atom is -0.493 e. The van der Waals surface area contributed by atoms with Gasteiger partial charge < -0.3 is 14.8 Å². The van der Waals surface area contributed by atoms with Gasteiger partial charge >= 0.3 is 0 Å². The predicted octanol–water partition coefficient (Wildman–Crippen LogP) is 4.07. The molecule has 0 atom stereocenters. The van der Waals surface area contributed by atoms with E-state index in [-0.39, 0.29) is 5.91 Å². The van der Waals surface area contributed by atoms with Gasteiger partial charge in [-0.1, -0.05) is 54.3 Å². The normalized spacial score (nSPS) is 15.4. The van der Waals surface area contributed by atoms with Crippen LogP contribution in [0.5, 0.6) is 11.5 Å². The molecule has 0 spiro atoms. The highest BCUT2D eigenvalue weighted by atomic mass is 32.2. The van der Waals surface area contributed by atoms with Gasteiger partial charge in [0.05, 0.1) is 12.0 Å². The van der Waals surface area contributed by atoms with Gasteiger partial charge in [0.15, 0.2) is 11.5 Å². The van der Waals surface area contributed by atoms with Crippen LogP contribution in [0.2, 0.25) is 0 Å². The van der Waals surface area contributed by atoms with Crippen LogP contribution >= 0.6 is 24.0 Å². The van der Waals surface area contributed by atoms with Crippen molar-refractivity contribution in [1.29, 1.82) is 0 Å². The van der Waals surface area contributed by atoms with E-state index in [9.17, 15) is 4.79 Å². The third-order valence-electron chi connectivity index (χ3n) is 3.77. The molecule has 1 aliphatic heterocycles. The molecule has 2 aromatic carbocycles. The second kappa shape index (κ2) is 7.72. The Morgan fingerprint density at radius 1 is 1.20 bits per heavy atom. The quantitative estimate of drug-likeness (QED) is 0.634. The van der Waals surface area contributed by atoms with Crippen molar-refractivity contribution >= 4 is 40.3 Å². The van der Waals surface area contributed by atoms with E-state index in [2.05, 4.69) is 18.3 Å². The minimum atomic E-state index is -0.172. The third kappa shape index (κ3) is 4.21. The van der Waals surface area contributed by atoms with Crippen LogP contribution in [0.1, 0.15) is 16.7 Å². The lowest BCUT2D eigenvalue weighted by molar-refractivity contribution is -0.115. The first-order valence-corrected chi connectivity index (χ1v) is 8.89. The summed E-state index contributed by atoms with van der Waals surface area (Å²) in [7, 11) is 1.60. The first-order chi connectivity index (χ1) is 12.1. The average Bonchev–Trinajstić information content (AvgIpc) is 2.92. The van der Waals surface area contributed by atoms with Gasteiger partial charge in [-0.25, -0.2) is 0 Å². The van der Waals surface area contributed by atoms with Crippen molar-refractivity contribution in [1.82, 2.24) is 5.32 Å². The number of thiocarbonyl (C=S) groups is 1. The molecule has 0 saturated carbocycles. The first-order valence-electron chi connectivity index (χ1n) is 7.67. The number of thioether (sulfide) groups is 1. The molecule has 6 heteroatoms. The summed E-state index contributed by atoms with van der Waals surface area (Å²) in [5, 5.41) is 2.60. The molecule has 1 fully saturated rings. The fourth-order valence-corrected chi connectivity index (χ4v) is 3.44. The second-order valence-corrected chi connectivity index (χ2v) is 7.20. The number of methoxy groups -OCH3 is 1. The van der Waals surface area contributed by atoms with Crippen LogP contribution in [-0.2, 0) is 11.4 Å². The SMILES string of the molecule is COc1cc(/C=C2/SC(=S)NC2=O)ccc1OCc1ccccc1C. The summed E-state index contributed by atoms with van der Waals surface area (Å²) in [5.74, 6) is 1.11. The molecule has 2 aromatic rings. The van der Waals surface area contributed by atoms with E-state index in [4.69, 9.17) is 21.7 Å². The van der Waals surface area contributed by atoms with Gasteiger partial charge in [-0.2, -0.15) is 0 Å². The molecule has 1 N–H and O–H groups in total. The summed E-state index contributed by atoms with van der Waals surface area (Å²) < 4.78 is 11.8. The minimum absolute atomic E-state index is 0.172. The second-order valence-electron chi connectivity index (χ2n) is 5.48. The number of benzene rings is 2. The molecule has 3 rings (SSSR count). The van der Waals surface area contributed by atoms with E-state index >= 15 is 0 Å². The lowest BCUT2D eigenvalue weighted by Gasteiger charge is -2.12. The molecular weight excluding hydrogens is 354 g/mol. The lowest BCUT2D eigenvalue weighted by atomic mass is 10.1. The van der Waals surface area contributed by atoms with E-state index < -0.39 is 0 Å². The highest BCUT2D eigenvalue weighted by molar-refractivity contribution is 8.26. The van der Waals surface area contributed by atoms with Crippen LogP contribution in [0.25, 0.3) is 6.08 Å². The van der Waals surface area contributed by atoms with Gasteiger partial charge in [-0.15, -0.1) is 0 Å². The number of aryl methyl sites for hydroxylation is 1. The maximum Gasteiger partial charge on any atom is 0.263 e. The van der Waals surface area contributed by atoms with Gasteiger partial charge in [0, 0.05) is 0 Å². The molecule has 0 bridgehead atoms. The Bertz CT molecular complexity index is 861. The molecule has 0 radical (unpaired) electrons. The molecule has 0 aliphatic carbocycles. The van der Waals surface area contributed by atoms with Crippen molar-refractivity contribution in [3.63, 3.8) is 0 Å². The van der Waals surface area contributed by atoms with E-state index in [1.54, 1.807) is 13.2 Å². The Morgan fingerprint density at radius 2 is 2.00 bits per heavy atom.